The van der Waals surface area contributed by atoms with Gasteiger partial charge in [-0.1, -0.05) is 6.07 Å². The van der Waals surface area contributed by atoms with Crippen LogP contribution in [-0.2, 0) is 9.53 Å². The van der Waals surface area contributed by atoms with Gasteiger partial charge in [0, 0.05) is 0 Å². The largest absolute Gasteiger partial charge is 0.486 e. The number of ether oxygens (including phenoxy) is 3. The molecule has 7 nitrogen and oxygen atoms in total. The maximum atomic E-state index is 12.0. The Morgan fingerprint density at radius 3 is 2.67 bits per heavy atom. The molecule has 1 aromatic carbocycles. The molecule has 0 saturated heterocycles. The molecule has 0 fully saturated rings. The third-order valence-corrected chi connectivity index (χ3v) is 3.98. The van der Waals surface area contributed by atoms with Crippen LogP contribution in [0.15, 0.2) is 35.7 Å². The number of fused-ring (bicyclic) bond motifs is 1. The van der Waals surface area contributed by atoms with E-state index < -0.39 is 24.4 Å². The number of thiophene rings is 1. The first-order valence-corrected chi connectivity index (χ1v) is 7.96. The van der Waals surface area contributed by atoms with Gasteiger partial charge in [0.1, 0.15) is 13.2 Å². The maximum absolute atomic E-state index is 12.0. The van der Waals surface area contributed by atoms with Gasteiger partial charge < -0.3 is 14.2 Å². The molecule has 24 heavy (non-hydrogen) atoms. The lowest BCUT2D eigenvalue weighted by molar-refractivity contribution is -0.123. The maximum Gasteiger partial charge on any atom is 0.338 e. The number of imide groups is 1. The lowest BCUT2D eigenvalue weighted by atomic mass is 10.2. The third-order valence-electron chi connectivity index (χ3n) is 3.11. The predicted octanol–water partition coefficient (Wildman–Crippen LogP) is 1.63. The highest BCUT2D eigenvalue weighted by molar-refractivity contribution is 7.12. The topological polar surface area (TPSA) is 90.9 Å². The van der Waals surface area contributed by atoms with Crippen LogP contribution in [0.2, 0.25) is 0 Å². The third kappa shape index (κ3) is 3.72. The van der Waals surface area contributed by atoms with Crippen molar-refractivity contribution in [2.45, 2.75) is 0 Å². The standard InChI is InChI=1S/C16H13NO6S/c18-14(17-15(19)13-2-1-7-24-13)9-23-16(20)10-3-4-11-12(8-10)22-6-5-21-11/h1-4,7-8H,5-6,9H2,(H,17,18,19). The van der Waals surface area contributed by atoms with Crippen LogP contribution in [0, 0.1) is 0 Å². The highest BCUT2D eigenvalue weighted by Gasteiger charge is 2.17. The number of esters is 1. The summed E-state index contributed by atoms with van der Waals surface area (Å²) in [7, 11) is 0. The zero-order chi connectivity index (χ0) is 16.9. The minimum Gasteiger partial charge on any atom is -0.486 e. The van der Waals surface area contributed by atoms with E-state index >= 15 is 0 Å². The van der Waals surface area contributed by atoms with Gasteiger partial charge in [-0.15, -0.1) is 11.3 Å². The summed E-state index contributed by atoms with van der Waals surface area (Å²) in [6.45, 7) is 0.304. The molecule has 1 aromatic heterocycles. The number of hydrogen-bond donors (Lipinski definition) is 1. The summed E-state index contributed by atoms with van der Waals surface area (Å²) in [5.41, 5.74) is 0.233. The molecular weight excluding hydrogens is 334 g/mol. The lowest BCUT2D eigenvalue weighted by Gasteiger charge is -2.18. The fourth-order valence-corrected chi connectivity index (χ4v) is 2.64. The van der Waals surface area contributed by atoms with Crippen LogP contribution in [0.5, 0.6) is 11.5 Å². The highest BCUT2D eigenvalue weighted by atomic mass is 32.1. The van der Waals surface area contributed by atoms with Crippen molar-refractivity contribution < 1.29 is 28.6 Å². The molecule has 1 aliphatic rings. The first kappa shape index (κ1) is 16.0. The molecule has 0 bridgehead atoms. The molecule has 2 aromatic rings. The number of hydrogen-bond acceptors (Lipinski definition) is 7. The number of benzene rings is 1. The van der Waals surface area contributed by atoms with Gasteiger partial charge in [-0.3, -0.25) is 14.9 Å². The van der Waals surface area contributed by atoms with Gasteiger partial charge in [0.25, 0.3) is 11.8 Å². The van der Waals surface area contributed by atoms with Crippen molar-refractivity contribution >= 4 is 29.1 Å². The number of carbonyl (C=O) groups is 3. The summed E-state index contributed by atoms with van der Waals surface area (Å²) in [5, 5.41) is 3.87. The Labute approximate surface area is 141 Å². The van der Waals surface area contributed by atoms with Crippen molar-refractivity contribution in [3.05, 3.63) is 46.2 Å². The van der Waals surface area contributed by atoms with Gasteiger partial charge in [0.15, 0.2) is 18.1 Å². The van der Waals surface area contributed by atoms with Crippen molar-refractivity contribution in [2.75, 3.05) is 19.8 Å². The molecule has 1 aliphatic heterocycles. The zero-order valence-electron chi connectivity index (χ0n) is 12.4. The van der Waals surface area contributed by atoms with Crippen molar-refractivity contribution in [2.24, 2.45) is 0 Å². The molecule has 0 spiro atoms. The van der Waals surface area contributed by atoms with E-state index in [4.69, 9.17) is 14.2 Å². The van der Waals surface area contributed by atoms with Gasteiger partial charge in [-0.2, -0.15) is 0 Å². The molecule has 0 saturated carbocycles. The van der Waals surface area contributed by atoms with E-state index in [2.05, 4.69) is 5.32 Å². The first-order chi connectivity index (χ1) is 11.6. The normalized spacial score (nSPS) is 12.3. The van der Waals surface area contributed by atoms with Gasteiger partial charge in [-0.05, 0) is 29.6 Å². The minimum absolute atomic E-state index is 0.233. The number of amides is 2. The van der Waals surface area contributed by atoms with Crippen LogP contribution in [-0.4, -0.2) is 37.6 Å². The van der Waals surface area contributed by atoms with Gasteiger partial charge in [0.05, 0.1) is 10.4 Å². The summed E-state index contributed by atoms with van der Waals surface area (Å²) in [6, 6.07) is 7.90. The van der Waals surface area contributed by atoms with Gasteiger partial charge in [0.2, 0.25) is 0 Å². The molecular formula is C16H13NO6S. The fourth-order valence-electron chi connectivity index (χ4n) is 2.02. The van der Waals surface area contributed by atoms with Crippen molar-refractivity contribution in [3.8, 4) is 11.5 Å². The van der Waals surface area contributed by atoms with E-state index in [-0.39, 0.29) is 5.56 Å². The fraction of sp³-hybridized carbons (Fsp3) is 0.188. The summed E-state index contributed by atoms with van der Waals surface area (Å²) in [6.07, 6.45) is 0. The second-order valence-corrected chi connectivity index (χ2v) is 5.74. The summed E-state index contributed by atoms with van der Waals surface area (Å²) in [4.78, 5) is 35.7. The number of nitrogens with one attached hydrogen (secondary N) is 1. The summed E-state index contributed by atoms with van der Waals surface area (Å²) < 4.78 is 15.6. The Balaban J connectivity index is 1.53. The highest BCUT2D eigenvalue weighted by Crippen LogP contribution is 2.30. The SMILES string of the molecule is O=C(COC(=O)c1ccc2c(c1)OCCO2)NC(=O)c1cccs1. The average Bonchev–Trinajstić information content (AvgIpc) is 3.14. The van der Waals surface area contributed by atoms with Gasteiger partial charge >= 0.3 is 5.97 Å². The lowest BCUT2D eigenvalue weighted by Crippen LogP contribution is -2.33. The zero-order valence-corrected chi connectivity index (χ0v) is 13.3. The molecule has 0 radical (unpaired) electrons. The van der Waals surface area contributed by atoms with Crippen LogP contribution in [0.4, 0.5) is 0 Å². The molecule has 0 unspecified atom stereocenters. The first-order valence-electron chi connectivity index (χ1n) is 7.08. The average molecular weight is 347 g/mol. The van der Waals surface area contributed by atoms with E-state index in [0.29, 0.717) is 29.6 Å². The van der Waals surface area contributed by atoms with Crippen LogP contribution in [0.3, 0.4) is 0 Å². The van der Waals surface area contributed by atoms with E-state index in [1.165, 1.54) is 23.5 Å². The Morgan fingerprint density at radius 1 is 1.12 bits per heavy atom. The molecule has 124 valence electrons. The molecule has 0 atom stereocenters. The molecule has 1 N–H and O–H groups in total. The Morgan fingerprint density at radius 2 is 1.92 bits per heavy atom. The van der Waals surface area contributed by atoms with Crippen LogP contribution < -0.4 is 14.8 Å². The van der Waals surface area contributed by atoms with Crippen LogP contribution in [0.1, 0.15) is 20.0 Å². The Kier molecular flexibility index (Phi) is 4.76. The molecule has 2 heterocycles. The van der Waals surface area contributed by atoms with Crippen LogP contribution in [0.25, 0.3) is 0 Å². The van der Waals surface area contributed by atoms with Crippen molar-refractivity contribution in [1.29, 1.82) is 0 Å². The summed E-state index contributed by atoms with van der Waals surface area (Å²) in [5.74, 6) is -0.902. The van der Waals surface area contributed by atoms with Crippen LogP contribution >= 0.6 is 11.3 Å². The monoisotopic (exact) mass is 347 g/mol. The quantitative estimate of drug-likeness (QED) is 0.846. The summed E-state index contributed by atoms with van der Waals surface area (Å²) >= 11 is 1.21. The number of rotatable bonds is 4. The van der Waals surface area contributed by atoms with Crippen molar-refractivity contribution in [3.63, 3.8) is 0 Å². The van der Waals surface area contributed by atoms with E-state index in [1.54, 1.807) is 23.6 Å². The second-order valence-electron chi connectivity index (χ2n) is 4.79. The Hall–Kier alpha value is -2.87. The van der Waals surface area contributed by atoms with E-state index in [0.717, 1.165) is 0 Å². The predicted molar refractivity (Wildman–Crippen MR) is 84.5 cm³/mol. The minimum atomic E-state index is -0.695. The Bertz CT molecular complexity index is 771. The number of carbonyl (C=O) groups excluding carboxylic acids is 3. The van der Waals surface area contributed by atoms with E-state index in [9.17, 15) is 14.4 Å². The molecule has 3 rings (SSSR count). The van der Waals surface area contributed by atoms with Crippen molar-refractivity contribution in [1.82, 2.24) is 5.32 Å². The van der Waals surface area contributed by atoms with Gasteiger partial charge in [-0.25, -0.2) is 4.79 Å². The molecule has 8 heteroatoms. The van der Waals surface area contributed by atoms with E-state index in [1.807, 2.05) is 0 Å². The smallest absolute Gasteiger partial charge is 0.338 e. The molecule has 2 amide bonds. The molecule has 0 aliphatic carbocycles. The second kappa shape index (κ2) is 7.14.